The van der Waals surface area contributed by atoms with Gasteiger partial charge < -0.3 is 10.2 Å². The molecule has 0 radical (unpaired) electrons. The van der Waals surface area contributed by atoms with Crippen molar-refractivity contribution in [2.75, 3.05) is 31.5 Å². The van der Waals surface area contributed by atoms with Crippen LogP contribution >= 0.6 is 12.2 Å². The van der Waals surface area contributed by atoms with Crippen LogP contribution in [0.25, 0.3) is 0 Å². The number of pyridine rings is 1. The SMILES string of the molecule is CC(=O)c1ccc(NC(=S)N2CCN(Cc3ccccn3)CC2)cc1. The molecule has 1 saturated heterocycles. The van der Waals surface area contributed by atoms with E-state index < -0.39 is 0 Å². The summed E-state index contributed by atoms with van der Waals surface area (Å²) in [6, 6.07) is 13.4. The molecule has 3 rings (SSSR count). The van der Waals surface area contributed by atoms with E-state index in [1.54, 1.807) is 6.92 Å². The number of hydrogen-bond acceptors (Lipinski definition) is 4. The molecule has 0 bridgehead atoms. The normalized spacial score (nSPS) is 15.0. The second-order valence-corrected chi connectivity index (χ2v) is 6.53. The molecule has 1 aliphatic heterocycles. The van der Waals surface area contributed by atoms with Gasteiger partial charge in [0.25, 0.3) is 0 Å². The fourth-order valence-corrected chi connectivity index (χ4v) is 3.12. The Bertz CT molecular complexity index is 725. The van der Waals surface area contributed by atoms with E-state index in [-0.39, 0.29) is 5.78 Å². The fourth-order valence-electron chi connectivity index (χ4n) is 2.82. The van der Waals surface area contributed by atoms with Crippen molar-refractivity contribution in [3.63, 3.8) is 0 Å². The Balaban J connectivity index is 1.49. The van der Waals surface area contributed by atoms with Gasteiger partial charge in [0.05, 0.1) is 5.69 Å². The molecule has 5 nitrogen and oxygen atoms in total. The molecular weight excluding hydrogens is 332 g/mol. The zero-order chi connectivity index (χ0) is 17.6. The van der Waals surface area contributed by atoms with Crippen LogP contribution in [0.1, 0.15) is 23.0 Å². The van der Waals surface area contributed by atoms with E-state index in [1.165, 1.54) is 0 Å². The number of piperazine rings is 1. The highest BCUT2D eigenvalue weighted by molar-refractivity contribution is 7.80. The minimum Gasteiger partial charge on any atom is -0.346 e. The van der Waals surface area contributed by atoms with Crippen LogP contribution in [0.15, 0.2) is 48.7 Å². The first-order chi connectivity index (χ1) is 12.1. The van der Waals surface area contributed by atoms with Crippen molar-refractivity contribution in [2.45, 2.75) is 13.5 Å². The van der Waals surface area contributed by atoms with Crippen LogP contribution in [0.4, 0.5) is 5.69 Å². The maximum absolute atomic E-state index is 11.3. The lowest BCUT2D eigenvalue weighted by Crippen LogP contribution is -2.49. The number of rotatable bonds is 4. The molecule has 1 fully saturated rings. The van der Waals surface area contributed by atoms with Gasteiger partial charge in [-0.15, -0.1) is 0 Å². The van der Waals surface area contributed by atoms with Gasteiger partial charge in [0.2, 0.25) is 0 Å². The van der Waals surface area contributed by atoms with Gasteiger partial charge in [0, 0.05) is 50.2 Å². The highest BCUT2D eigenvalue weighted by atomic mass is 32.1. The second-order valence-electron chi connectivity index (χ2n) is 6.15. The first-order valence-corrected chi connectivity index (χ1v) is 8.82. The number of carbonyl (C=O) groups excluding carboxylic acids is 1. The molecule has 0 saturated carbocycles. The van der Waals surface area contributed by atoms with Gasteiger partial charge in [-0.1, -0.05) is 6.07 Å². The van der Waals surface area contributed by atoms with Crippen LogP contribution in [-0.2, 0) is 6.54 Å². The van der Waals surface area contributed by atoms with E-state index in [0.717, 1.165) is 49.2 Å². The summed E-state index contributed by atoms with van der Waals surface area (Å²) >= 11 is 5.53. The summed E-state index contributed by atoms with van der Waals surface area (Å²) in [7, 11) is 0. The number of aromatic nitrogens is 1. The smallest absolute Gasteiger partial charge is 0.173 e. The first kappa shape index (κ1) is 17.5. The van der Waals surface area contributed by atoms with Crippen molar-refractivity contribution in [2.24, 2.45) is 0 Å². The molecule has 130 valence electrons. The predicted molar refractivity (Wildman–Crippen MR) is 104 cm³/mol. The van der Waals surface area contributed by atoms with Crippen molar-refractivity contribution < 1.29 is 4.79 Å². The first-order valence-electron chi connectivity index (χ1n) is 8.41. The van der Waals surface area contributed by atoms with Crippen LogP contribution in [-0.4, -0.2) is 51.9 Å². The Morgan fingerprint density at radius 2 is 1.84 bits per heavy atom. The Hall–Kier alpha value is -2.31. The lowest BCUT2D eigenvalue weighted by Gasteiger charge is -2.36. The summed E-state index contributed by atoms with van der Waals surface area (Å²) < 4.78 is 0. The molecule has 2 aromatic rings. The minimum atomic E-state index is 0.0677. The maximum atomic E-state index is 11.3. The maximum Gasteiger partial charge on any atom is 0.173 e. The molecule has 1 aromatic carbocycles. The summed E-state index contributed by atoms with van der Waals surface area (Å²) in [5.41, 5.74) is 2.72. The van der Waals surface area contributed by atoms with Gasteiger partial charge in [-0.3, -0.25) is 14.7 Å². The third kappa shape index (κ3) is 4.84. The number of ketones is 1. The molecule has 0 spiro atoms. The third-order valence-corrected chi connectivity index (χ3v) is 4.67. The minimum absolute atomic E-state index is 0.0677. The molecule has 0 unspecified atom stereocenters. The van der Waals surface area contributed by atoms with Crippen LogP contribution in [0.2, 0.25) is 0 Å². The molecule has 1 aromatic heterocycles. The number of anilines is 1. The van der Waals surface area contributed by atoms with Crippen molar-refractivity contribution in [1.82, 2.24) is 14.8 Å². The van der Waals surface area contributed by atoms with Crippen molar-refractivity contribution in [3.8, 4) is 0 Å². The van der Waals surface area contributed by atoms with Gasteiger partial charge >= 0.3 is 0 Å². The summed E-state index contributed by atoms with van der Waals surface area (Å²) in [6.07, 6.45) is 1.84. The topological polar surface area (TPSA) is 48.5 Å². The van der Waals surface area contributed by atoms with E-state index in [1.807, 2.05) is 42.6 Å². The van der Waals surface area contributed by atoms with Gasteiger partial charge in [-0.05, 0) is 55.5 Å². The molecule has 0 atom stereocenters. The standard InChI is InChI=1S/C19H22N4OS/c1-15(24)16-5-7-17(8-6-16)21-19(25)23-12-10-22(11-13-23)14-18-4-2-3-9-20-18/h2-9H,10-14H2,1H3,(H,21,25). The van der Waals surface area contributed by atoms with Crippen molar-refractivity contribution in [1.29, 1.82) is 0 Å². The van der Waals surface area contributed by atoms with E-state index in [2.05, 4.69) is 26.2 Å². The predicted octanol–water partition coefficient (Wildman–Crippen LogP) is 2.80. The van der Waals surface area contributed by atoms with Crippen molar-refractivity contribution in [3.05, 3.63) is 59.9 Å². The fraction of sp³-hybridized carbons (Fsp3) is 0.316. The van der Waals surface area contributed by atoms with E-state index in [4.69, 9.17) is 12.2 Å². The van der Waals surface area contributed by atoms with Crippen LogP contribution in [0.3, 0.4) is 0 Å². The largest absolute Gasteiger partial charge is 0.346 e. The number of thiocarbonyl (C=S) groups is 1. The van der Waals surface area contributed by atoms with Gasteiger partial charge in [-0.25, -0.2) is 0 Å². The molecular formula is C19H22N4OS. The number of nitrogens with one attached hydrogen (secondary N) is 1. The Labute approximate surface area is 153 Å². The lowest BCUT2D eigenvalue weighted by atomic mass is 10.1. The zero-order valence-corrected chi connectivity index (χ0v) is 15.1. The van der Waals surface area contributed by atoms with E-state index in [9.17, 15) is 4.79 Å². The number of benzene rings is 1. The quantitative estimate of drug-likeness (QED) is 0.673. The second kappa shape index (κ2) is 8.18. The molecule has 0 amide bonds. The van der Waals surface area contributed by atoms with Gasteiger partial charge in [-0.2, -0.15) is 0 Å². The lowest BCUT2D eigenvalue weighted by molar-refractivity contribution is 0.101. The number of Topliss-reactive ketones (excluding diaryl/α,β-unsaturated/α-hetero) is 1. The van der Waals surface area contributed by atoms with E-state index >= 15 is 0 Å². The number of carbonyl (C=O) groups is 1. The average molecular weight is 354 g/mol. The van der Waals surface area contributed by atoms with Crippen molar-refractivity contribution >= 4 is 28.8 Å². The van der Waals surface area contributed by atoms with Crippen LogP contribution in [0.5, 0.6) is 0 Å². The Morgan fingerprint density at radius 1 is 1.12 bits per heavy atom. The molecule has 1 N–H and O–H groups in total. The number of nitrogens with zero attached hydrogens (tertiary/aromatic N) is 3. The zero-order valence-electron chi connectivity index (χ0n) is 14.3. The third-order valence-electron chi connectivity index (χ3n) is 4.31. The molecule has 2 heterocycles. The average Bonchev–Trinajstić information content (AvgIpc) is 2.63. The molecule has 0 aliphatic carbocycles. The van der Waals surface area contributed by atoms with Crippen LogP contribution < -0.4 is 5.32 Å². The summed E-state index contributed by atoms with van der Waals surface area (Å²) in [4.78, 5) is 20.3. The highest BCUT2D eigenvalue weighted by Crippen LogP contribution is 2.13. The summed E-state index contributed by atoms with van der Waals surface area (Å²) in [5.74, 6) is 0.0677. The molecule has 6 heteroatoms. The summed E-state index contributed by atoms with van der Waals surface area (Å²) in [6.45, 7) is 6.15. The highest BCUT2D eigenvalue weighted by Gasteiger charge is 2.19. The van der Waals surface area contributed by atoms with Gasteiger partial charge in [0.1, 0.15) is 0 Å². The Morgan fingerprint density at radius 3 is 2.44 bits per heavy atom. The Kier molecular flexibility index (Phi) is 5.73. The molecule has 1 aliphatic rings. The summed E-state index contributed by atoms with van der Waals surface area (Å²) in [5, 5.41) is 3.99. The van der Waals surface area contributed by atoms with Gasteiger partial charge in [0.15, 0.2) is 10.9 Å². The van der Waals surface area contributed by atoms with E-state index in [0.29, 0.717) is 5.56 Å². The monoisotopic (exact) mass is 354 g/mol. The number of hydrogen-bond donors (Lipinski definition) is 1. The van der Waals surface area contributed by atoms with Crippen LogP contribution in [0, 0.1) is 0 Å². The molecule has 25 heavy (non-hydrogen) atoms.